The zero-order valence-electron chi connectivity index (χ0n) is 14.5. The number of anilines is 1. The van der Waals surface area contributed by atoms with Crippen molar-refractivity contribution in [2.24, 2.45) is 0 Å². The number of rotatable bonds is 6. The number of nitrogens with zero attached hydrogens (tertiary/aromatic N) is 1. The maximum absolute atomic E-state index is 12.1. The van der Waals surface area contributed by atoms with Gasteiger partial charge >= 0.3 is 18.2 Å². The number of alkyl halides is 3. The Labute approximate surface area is 153 Å². The Bertz CT molecular complexity index is 759. The lowest BCUT2D eigenvalue weighted by Crippen LogP contribution is -2.40. The van der Waals surface area contributed by atoms with Gasteiger partial charge in [-0.2, -0.15) is 0 Å². The van der Waals surface area contributed by atoms with Crippen molar-refractivity contribution in [1.82, 2.24) is 10.2 Å². The molecule has 27 heavy (non-hydrogen) atoms. The first-order valence-electron chi connectivity index (χ1n) is 7.80. The van der Waals surface area contributed by atoms with E-state index in [2.05, 4.69) is 15.4 Å². The number of benzene rings is 1. The first-order valence-corrected chi connectivity index (χ1v) is 7.80. The lowest BCUT2D eigenvalue weighted by Gasteiger charge is -2.22. The van der Waals surface area contributed by atoms with E-state index in [0.717, 1.165) is 12.1 Å². The minimum absolute atomic E-state index is 0.130. The third-order valence-electron chi connectivity index (χ3n) is 3.50. The number of carbonyl (C=O) groups is 2. The van der Waals surface area contributed by atoms with Crippen molar-refractivity contribution in [3.8, 4) is 5.75 Å². The second-order valence-corrected chi connectivity index (χ2v) is 5.73. The van der Waals surface area contributed by atoms with Crippen LogP contribution in [0.15, 0.2) is 47.1 Å². The largest absolute Gasteiger partial charge is 0.573 e. The van der Waals surface area contributed by atoms with Gasteiger partial charge in [-0.1, -0.05) is 0 Å². The smallest absolute Gasteiger partial charge is 0.468 e. The van der Waals surface area contributed by atoms with E-state index in [-0.39, 0.29) is 18.3 Å². The molecular weight excluding hydrogens is 367 g/mol. The fourth-order valence-electron chi connectivity index (χ4n) is 2.22. The van der Waals surface area contributed by atoms with Gasteiger partial charge in [0.25, 0.3) is 0 Å². The summed E-state index contributed by atoms with van der Waals surface area (Å²) in [5.41, 5.74) is 0.153. The summed E-state index contributed by atoms with van der Waals surface area (Å²) in [4.78, 5) is 25.7. The van der Waals surface area contributed by atoms with E-state index in [9.17, 15) is 22.8 Å². The number of hydrogen-bond acceptors (Lipinski definition) is 5. The first-order chi connectivity index (χ1) is 12.7. The van der Waals surface area contributed by atoms with Crippen molar-refractivity contribution >= 4 is 17.5 Å². The van der Waals surface area contributed by atoms with Gasteiger partial charge in [-0.3, -0.25) is 14.5 Å². The monoisotopic (exact) mass is 385 g/mol. The zero-order valence-corrected chi connectivity index (χ0v) is 14.5. The molecule has 1 aromatic carbocycles. The van der Waals surface area contributed by atoms with Crippen LogP contribution in [0.3, 0.4) is 0 Å². The summed E-state index contributed by atoms with van der Waals surface area (Å²) in [7, 11) is 3.59. The normalized spacial score (nSPS) is 12.5. The summed E-state index contributed by atoms with van der Waals surface area (Å²) in [5.74, 6) is -1.64. The maximum atomic E-state index is 12.1. The lowest BCUT2D eigenvalue weighted by molar-refractivity contribution is -0.274. The number of likely N-dealkylation sites (N-methyl/N-ethyl adjacent to an activating group) is 1. The predicted molar refractivity (Wildman–Crippen MR) is 89.9 cm³/mol. The van der Waals surface area contributed by atoms with Gasteiger partial charge in [0.05, 0.1) is 12.3 Å². The molecule has 0 spiro atoms. The van der Waals surface area contributed by atoms with Crippen LogP contribution in [0.25, 0.3) is 0 Å². The molecule has 2 N–H and O–H groups in total. The molecule has 0 saturated heterocycles. The van der Waals surface area contributed by atoms with Crippen LogP contribution in [0.2, 0.25) is 0 Å². The van der Waals surface area contributed by atoms with Crippen molar-refractivity contribution in [2.45, 2.75) is 12.4 Å². The molecule has 0 aliphatic heterocycles. The van der Waals surface area contributed by atoms with E-state index in [1.165, 1.54) is 18.4 Å². The highest BCUT2D eigenvalue weighted by Crippen LogP contribution is 2.24. The van der Waals surface area contributed by atoms with Crippen LogP contribution in [0.5, 0.6) is 5.75 Å². The second kappa shape index (κ2) is 8.58. The minimum atomic E-state index is -4.80. The highest BCUT2D eigenvalue weighted by Gasteiger charge is 2.31. The molecule has 0 radical (unpaired) electrons. The van der Waals surface area contributed by atoms with E-state index in [1.807, 2.05) is 4.90 Å². The van der Waals surface area contributed by atoms with Gasteiger partial charge < -0.3 is 19.8 Å². The third-order valence-corrected chi connectivity index (χ3v) is 3.50. The second-order valence-electron chi connectivity index (χ2n) is 5.73. The number of nitrogens with one attached hydrogen (secondary N) is 2. The van der Waals surface area contributed by atoms with Crippen LogP contribution in [0.1, 0.15) is 11.8 Å². The Balaban J connectivity index is 1.89. The molecule has 0 aliphatic rings. The Kier molecular flexibility index (Phi) is 6.45. The molecule has 1 heterocycles. The molecule has 0 fully saturated rings. The Morgan fingerprint density at radius 3 is 2.33 bits per heavy atom. The summed E-state index contributed by atoms with van der Waals surface area (Å²) in [6, 6.07) is 7.64. The third kappa shape index (κ3) is 6.33. The summed E-state index contributed by atoms with van der Waals surface area (Å²) in [6.07, 6.45) is -3.30. The van der Waals surface area contributed by atoms with E-state index < -0.39 is 23.9 Å². The van der Waals surface area contributed by atoms with Gasteiger partial charge in [0.15, 0.2) is 0 Å². The van der Waals surface area contributed by atoms with E-state index in [0.29, 0.717) is 5.76 Å². The summed E-state index contributed by atoms with van der Waals surface area (Å²) < 4.78 is 45.4. The van der Waals surface area contributed by atoms with Gasteiger partial charge in [-0.05, 0) is 50.5 Å². The summed E-state index contributed by atoms with van der Waals surface area (Å²) in [5, 5.41) is 4.78. The average molecular weight is 385 g/mol. The fraction of sp³-hybridized carbons (Fsp3) is 0.294. The minimum Gasteiger partial charge on any atom is -0.468 e. The van der Waals surface area contributed by atoms with Gasteiger partial charge in [-0.15, -0.1) is 13.2 Å². The van der Waals surface area contributed by atoms with Gasteiger partial charge in [0, 0.05) is 12.2 Å². The Morgan fingerprint density at radius 2 is 1.81 bits per heavy atom. The lowest BCUT2D eigenvalue weighted by atomic mass is 10.2. The zero-order chi connectivity index (χ0) is 20.0. The number of amides is 2. The predicted octanol–water partition coefficient (Wildman–Crippen LogP) is 2.54. The molecule has 146 valence electrons. The van der Waals surface area contributed by atoms with Gasteiger partial charge in [0.1, 0.15) is 11.5 Å². The van der Waals surface area contributed by atoms with E-state index in [1.54, 1.807) is 26.2 Å². The standard InChI is InChI=1S/C17H18F3N3O4/c1-23(2)13(14-4-3-9-26-14)10-21-15(24)16(25)22-11-5-7-12(8-6-11)27-17(18,19)20/h3-9,13H,10H2,1-2H3,(H,21,24)(H,22,25). The van der Waals surface area contributed by atoms with E-state index in [4.69, 9.17) is 4.42 Å². The molecule has 1 unspecified atom stereocenters. The first kappa shape index (κ1) is 20.3. The molecule has 2 rings (SSSR count). The summed E-state index contributed by atoms with van der Waals surface area (Å²) in [6.45, 7) is 0.130. The number of halogens is 3. The Hall–Kier alpha value is -3.01. The van der Waals surface area contributed by atoms with Crippen molar-refractivity contribution in [3.63, 3.8) is 0 Å². The molecule has 2 amide bonds. The Morgan fingerprint density at radius 1 is 1.15 bits per heavy atom. The molecule has 7 nitrogen and oxygen atoms in total. The molecular formula is C17H18F3N3O4. The molecule has 10 heteroatoms. The van der Waals surface area contributed by atoms with E-state index >= 15 is 0 Å². The quantitative estimate of drug-likeness (QED) is 0.747. The van der Waals surface area contributed by atoms with Crippen molar-refractivity contribution in [2.75, 3.05) is 26.0 Å². The molecule has 2 aromatic rings. The number of hydrogen-bond donors (Lipinski definition) is 2. The van der Waals surface area contributed by atoms with Crippen LogP contribution in [0, 0.1) is 0 Å². The average Bonchev–Trinajstić information content (AvgIpc) is 3.09. The number of furan rings is 1. The molecule has 0 saturated carbocycles. The summed E-state index contributed by atoms with van der Waals surface area (Å²) >= 11 is 0. The highest BCUT2D eigenvalue weighted by atomic mass is 19.4. The molecule has 0 bridgehead atoms. The van der Waals surface area contributed by atoms with Crippen molar-refractivity contribution in [3.05, 3.63) is 48.4 Å². The number of ether oxygens (including phenoxy) is 1. The topological polar surface area (TPSA) is 83.8 Å². The molecule has 1 atom stereocenters. The van der Waals surface area contributed by atoms with Crippen LogP contribution in [-0.4, -0.2) is 43.7 Å². The van der Waals surface area contributed by atoms with Crippen molar-refractivity contribution in [1.29, 1.82) is 0 Å². The van der Waals surface area contributed by atoms with Crippen LogP contribution < -0.4 is 15.4 Å². The van der Waals surface area contributed by atoms with Gasteiger partial charge in [0.2, 0.25) is 0 Å². The van der Waals surface area contributed by atoms with Crippen LogP contribution >= 0.6 is 0 Å². The maximum Gasteiger partial charge on any atom is 0.573 e. The molecule has 1 aromatic heterocycles. The van der Waals surface area contributed by atoms with Crippen LogP contribution in [0.4, 0.5) is 18.9 Å². The van der Waals surface area contributed by atoms with Gasteiger partial charge in [-0.25, -0.2) is 0 Å². The van der Waals surface area contributed by atoms with Crippen LogP contribution in [-0.2, 0) is 9.59 Å². The molecule has 0 aliphatic carbocycles. The SMILES string of the molecule is CN(C)C(CNC(=O)C(=O)Nc1ccc(OC(F)(F)F)cc1)c1ccco1. The number of carbonyl (C=O) groups excluding carboxylic acids is 2. The highest BCUT2D eigenvalue weighted by molar-refractivity contribution is 6.39. The van der Waals surface area contributed by atoms with Crippen molar-refractivity contribution < 1.29 is 31.9 Å². The fourth-order valence-corrected chi connectivity index (χ4v) is 2.22.